The molecule has 0 spiro atoms. The summed E-state index contributed by atoms with van der Waals surface area (Å²) in [7, 11) is -6.71. The molecule has 1 rings (SSSR count). The summed E-state index contributed by atoms with van der Waals surface area (Å²) in [5.41, 5.74) is 8.48. The Morgan fingerprint density at radius 1 is 1.14 bits per heavy atom. The molecule has 13 heteroatoms. The van der Waals surface area contributed by atoms with E-state index in [1.807, 2.05) is 0 Å². The van der Waals surface area contributed by atoms with Crippen molar-refractivity contribution in [2.75, 3.05) is 26.2 Å². The second-order valence-corrected chi connectivity index (χ2v) is 7.44. The molecule has 1 saturated heterocycles. The minimum absolute atomic E-state index is 0.216. The lowest BCUT2D eigenvalue weighted by molar-refractivity contribution is -0.223. The molecule has 0 bridgehead atoms. The lowest BCUT2D eigenvalue weighted by atomic mass is 10.0. The largest absolute Gasteiger partial charge is 0.353 e. The first-order chi connectivity index (χ1) is 9.57. The minimum Gasteiger partial charge on any atom is -0.353 e. The van der Waals surface area contributed by atoms with Gasteiger partial charge in [0.2, 0.25) is 0 Å². The first-order valence-corrected chi connectivity index (χ1v) is 9.16. The number of rotatable bonds is 6. The van der Waals surface area contributed by atoms with Crippen LogP contribution in [-0.2, 0) is 38.1 Å². The highest BCUT2D eigenvalue weighted by atomic mass is 32.2. The van der Waals surface area contributed by atoms with Crippen LogP contribution in [0, 0.1) is 0 Å². The molecule has 0 aromatic heterocycles. The summed E-state index contributed by atoms with van der Waals surface area (Å²) in [6, 6.07) is -1.09. The molecule has 0 saturated carbocycles. The maximum Gasteiger partial charge on any atom is 0.264 e. The van der Waals surface area contributed by atoms with E-state index in [2.05, 4.69) is 10.0 Å². The molecule has 1 fully saturated rings. The Balaban J connectivity index is 3.19. The molecule has 11 nitrogen and oxygen atoms in total. The lowest BCUT2D eigenvalue weighted by Crippen LogP contribution is -2.56. The van der Waals surface area contributed by atoms with E-state index in [1.165, 1.54) is 7.11 Å². The minimum atomic E-state index is -3.96. The van der Waals surface area contributed by atoms with E-state index in [-0.39, 0.29) is 6.61 Å². The lowest BCUT2D eigenvalue weighted by Gasteiger charge is -2.38. The topological polar surface area (TPSA) is 154 Å². The summed E-state index contributed by atoms with van der Waals surface area (Å²) in [4.78, 5) is 2.55. The van der Waals surface area contributed by atoms with Crippen LogP contribution in [-0.4, -0.2) is 67.6 Å². The van der Waals surface area contributed by atoms with Crippen LogP contribution in [0.4, 0.5) is 0 Å². The van der Waals surface area contributed by atoms with Gasteiger partial charge < -0.3 is 9.47 Å². The number of nitrogens with zero attached hydrogens (tertiary/aromatic N) is 3. The van der Waals surface area contributed by atoms with Crippen LogP contribution in [0.1, 0.15) is 0 Å². The van der Waals surface area contributed by atoms with E-state index in [0.717, 1.165) is 12.5 Å². The quantitative estimate of drug-likeness (QED) is 0.266. The SMILES string of the molecule is CO[C@@H]1OC[C@@H](N=[N+]=[N-])[C@@H](OS(C)(=O)=O)[C@@H]1OS(C)(=O)=O. The van der Waals surface area contributed by atoms with E-state index in [9.17, 15) is 16.8 Å². The summed E-state index contributed by atoms with van der Waals surface area (Å²) in [5.74, 6) is 0. The van der Waals surface area contributed by atoms with Crippen LogP contribution < -0.4 is 0 Å². The van der Waals surface area contributed by atoms with E-state index < -0.39 is 44.8 Å². The molecule has 0 aromatic carbocycles. The van der Waals surface area contributed by atoms with Crippen LogP contribution in [0.25, 0.3) is 10.4 Å². The van der Waals surface area contributed by atoms with Crippen LogP contribution in [0.3, 0.4) is 0 Å². The highest BCUT2D eigenvalue weighted by Gasteiger charge is 2.45. The van der Waals surface area contributed by atoms with Gasteiger partial charge in [-0.1, -0.05) is 5.11 Å². The second kappa shape index (κ2) is 6.87. The van der Waals surface area contributed by atoms with Gasteiger partial charge in [-0.3, -0.25) is 8.37 Å². The fourth-order valence-corrected chi connectivity index (χ4v) is 2.99. The highest BCUT2D eigenvalue weighted by Crippen LogP contribution is 2.26. The van der Waals surface area contributed by atoms with Crippen LogP contribution in [0.5, 0.6) is 0 Å². The van der Waals surface area contributed by atoms with Gasteiger partial charge in [0.25, 0.3) is 20.2 Å². The summed E-state index contributed by atoms with van der Waals surface area (Å²) < 4.78 is 64.8. The predicted molar refractivity (Wildman–Crippen MR) is 69.1 cm³/mol. The van der Waals surface area contributed by atoms with E-state index in [0.29, 0.717) is 0 Å². The number of hydrogen-bond donors (Lipinski definition) is 0. The zero-order chi connectivity index (χ0) is 16.3. The Labute approximate surface area is 122 Å². The molecule has 1 heterocycles. The Morgan fingerprint density at radius 3 is 2.10 bits per heavy atom. The van der Waals surface area contributed by atoms with Gasteiger partial charge in [-0.05, 0) is 5.53 Å². The van der Waals surface area contributed by atoms with Crippen LogP contribution in [0.15, 0.2) is 5.11 Å². The summed E-state index contributed by atoms with van der Waals surface area (Å²) in [6.07, 6.45) is -2.49. The van der Waals surface area contributed by atoms with E-state index in [4.69, 9.17) is 23.4 Å². The maximum atomic E-state index is 11.3. The summed E-state index contributed by atoms with van der Waals surface area (Å²) >= 11 is 0. The van der Waals surface area contributed by atoms with Crippen molar-refractivity contribution in [2.45, 2.75) is 24.5 Å². The molecule has 1 aliphatic rings. The highest BCUT2D eigenvalue weighted by molar-refractivity contribution is 7.86. The van der Waals surface area contributed by atoms with Gasteiger partial charge in [0, 0.05) is 12.0 Å². The molecule has 0 aromatic rings. The smallest absolute Gasteiger partial charge is 0.264 e. The van der Waals surface area contributed by atoms with Crippen molar-refractivity contribution >= 4 is 20.2 Å². The third-order valence-corrected chi connectivity index (χ3v) is 3.55. The zero-order valence-corrected chi connectivity index (χ0v) is 13.1. The maximum absolute atomic E-state index is 11.3. The molecular formula is C8H15N3O8S2. The molecule has 0 aliphatic carbocycles. The van der Waals surface area contributed by atoms with E-state index in [1.54, 1.807) is 0 Å². The van der Waals surface area contributed by atoms with Crippen molar-refractivity contribution in [1.29, 1.82) is 0 Å². The molecule has 0 unspecified atom stereocenters. The van der Waals surface area contributed by atoms with Gasteiger partial charge in [0.1, 0.15) is 6.10 Å². The summed E-state index contributed by atoms with van der Waals surface area (Å²) in [6.45, 7) is -0.216. The number of azide groups is 1. The van der Waals surface area contributed by atoms with Crippen molar-refractivity contribution in [1.82, 2.24) is 0 Å². The Bertz CT molecular complexity index is 611. The zero-order valence-electron chi connectivity index (χ0n) is 11.4. The van der Waals surface area contributed by atoms with Crippen molar-refractivity contribution in [2.24, 2.45) is 5.11 Å². The molecule has 0 amide bonds. The van der Waals surface area contributed by atoms with Gasteiger partial charge in [0.15, 0.2) is 12.4 Å². The number of methoxy groups -OCH3 is 1. The van der Waals surface area contributed by atoms with Gasteiger partial charge in [-0.25, -0.2) is 0 Å². The molecule has 1 aliphatic heterocycles. The second-order valence-electron chi connectivity index (χ2n) is 4.24. The predicted octanol–water partition coefficient (Wildman–Crippen LogP) is -0.642. The third kappa shape index (κ3) is 5.74. The standard InChI is InChI=1S/C8H15N3O8S2/c1-16-8-7(19-21(3,14)15)6(18-20(2,12)13)5(4-17-8)10-11-9/h5-8H,4H2,1-3H3/t5-,6-,7+,8-/m1/s1. The summed E-state index contributed by atoms with van der Waals surface area (Å²) in [5, 5.41) is 3.33. The molecule has 21 heavy (non-hydrogen) atoms. The van der Waals surface area contributed by atoms with Gasteiger partial charge in [-0.2, -0.15) is 16.8 Å². The monoisotopic (exact) mass is 345 g/mol. The average Bonchev–Trinajstić information content (AvgIpc) is 2.30. The number of ether oxygens (including phenoxy) is 2. The van der Waals surface area contributed by atoms with Crippen molar-refractivity contribution in [3.8, 4) is 0 Å². The average molecular weight is 345 g/mol. The van der Waals surface area contributed by atoms with Gasteiger partial charge in [0.05, 0.1) is 25.2 Å². The van der Waals surface area contributed by atoms with Crippen LogP contribution in [0.2, 0.25) is 0 Å². The third-order valence-electron chi connectivity index (χ3n) is 2.41. The molecule has 0 radical (unpaired) electrons. The first-order valence-electron chi connectivity index (χ1n) is 5.52. The van der Waals surface area contributed by atoms with Crippen molar-refractivity contribution < 1.29 is 34.7 Å². The van der Waals surface area contributed by atoms with Crippen molar-refractivity contribution in [3.63, 3.8) is 0 Å². The molecule has 122 valence electrons. The normalized spacial score (nSPS) is 30.6. The van der Waals surface area contributed by atoms with E-state index >= 15 is 0 Å². The molecule has 0 N–H and O–H groups in total. The van der Waals surface area contributed by atoms with Gasteiger partial charge in [-0.15, -0.1) is 0 Å². The Kier molecular flexibility index (Phi) is 5.92. The first kappa shape index (κ1) is 18.1. The van der Waals surface area contributed by atoms with Gasteiger partial charge >= 0.3 is 0 Å². The Hall–Kier alpha value is -0.950. The van der Waals surface area contributed by atoms with Crippen LogP contribution >= 0.6 is 0 Å². The Morgan fingerprint density at radius 2 is 1.67 bits per heavy atom. The fraction of sp³-hybridized carbons (Fsp3) is 1.00. The molecule has 4 atom stereocenters. The molecular weight excluding hydrogens is 330 g/mol. The number of hydrogen-bond acceptors (Lipinski definition) is 9. The fourth-order valence-electron chi connectivity index (χ4n) is 1.75. The van der Waals surface area contributed by atoms with Crippen molar-refractivity contribution in [3.05, 3.63) is 10.4 Å².